The van der Waals surface area contributed by atoms with Crippen LogP contribution < -0.4 is 10.4 Å². The monoisotopic (exact) mass is 297 g/mol. The van der Waals surface area contributed by atoms with E-state index in [-0.39, 0.29) is 5.88 Å². The molecule has 0 aromatic carbocycles. The fourth-order valence-electron chi connectivity index (χ4n) is 2.52. The van der Waals surface area contributed by atoms with Crippen LogP contribution in [0.15, 0.2) is 17.1 Å². The van der Waals surface area contributed by atoms with Crippen molar-refractivity contribution < 1.29 is 24.8 Å². The Morgan fingerprint density at radius 1 is 1.48 bits per heavy atom. The van der Waals surface area contributed by atoms with Crippen molar-refractivity contribution in [2.75, 3.05) is 13.7 Å². The molecule has 1 aliphatic heterocycles. The normalized spacial score (nSPS) is 29.1. The standard InChI is InChI=1S/C12H15N3O6/c1-20-10-7-5(2-3-13-7)15(12(19)14-10)11-9(18)8(17)6(4-16)21-11/h2-3,6,8-9,11,13,16-18H,4H2,1H3/t6-,8-,9+,11-/m1/s1. The van der Waals surface area contributed by atoms with Gasteiger partial charge in [-0.2, -0.15) is 4.98 Å². The van der Waals surface area contributed by atoms with Gasteiger partial charge >= 0.3 is 5.69 Å². The van der Waals surface area contributed by atoms with Gasteiger partial charge in [0, 0.05) is 6.20 Å². The number of nitrogens with zero attached hydrogens (tertiary/aromatic N) is 2. The third kappa shape index (κ3) is 2.02. The molecule has 2 aromatic rings. The first kappa shape index (κ1) is 14.0. The van der Waals surface area contributed by atoms with Crippen LogP contribution in [0.5, 0.6) is 5.88 Å². The topological polar surface area (TPSA) is 130 Å². The molecule has 3 rings (SSSR count). The molecule has 0 saturated carbocycles. The van der Waals surface area contributed by atoms with Gasteiger partial charge in [-0.15, -0.1) is 0 Å². The van der Waals surface area contributed by atoms with Crippen molar-refractivity contribution in [2.24, 2.45) is 0 Å². The van der Waals surface area contributed by atoms with E-state index in [1.807, 2.05) is 0 Å². The van der Waals surface area contributed by atoms with E-state index < -0.39 is 36.8 Å². The van der Waals surface area contributed by atoms with Gasteiger partial charge in [0.2, 0.25) is 5.88 Å². The Balaban J connectivity index is 2.15. The lowest BCUT2D eigenvalue weighted by Crippen LogP contribution is -2.36. The van der Waals surface area contributed by atoms with Crippen LogP contribution in [0.25, 0.3) is 11.0 Å². The molecule has 0 radical (unpaired) electrons. The summed E-state index contributed by atoms with van der Waals surface area (Å²) in [6.45, 7) is -0.469. The van der Waals surface area contributed by atoms with Gasteiger partial charge in [-0.25, -0.2) is 4.79 Å². The third-order valence-electron chi connectivity index (χ3n) is 3.57. The first-order chi connectivity index (χ1) is 10.1. The number of rotatable bonds is 3. The van der Waals surface area contributed by atoms with E-state index in [9.17, 15) is 15.0 Å². The van der Waals surface area contributed by atoms with E-state index in [0.29, 0.717) is 11.0 Å². The van der Waals surface area contributed by atoms with Gasteiger partial charge in [-0.05, 0) is 6.07 Å². The highest BCUT2D eigenvalue weighted by atomic mass is 16.6. The molecule has 0 bridgehead atoms. The zero-order valence-corrected chi connectivity index (χ0v) is 11.1. The van der Waals surface area contributed by atoms with E-state index in [4.69, 9.17) is 14.6 Å². The quantitative estimate of drug-likeness (QED) is 0.533. The average molecular weight is 297 g/mol. The van der Waals surface area contributed by atoms with Crippen molar-refractivity contribution in [3.8, 4) is 5.88 Å². The fourth-order valence-corrected chi connectivity index (χ4v) is 2.52. The minimum absolute atomic E-state index is 0.128. The second kappa shape index (κ2) is 5.11. The lowest BCUT2D eigenvalue weighted by molar-refractivity contribution is -0.0528. The van der Waals surface area contributed by atoms with Crippen molar-refractivity contribution in [2.45, 2.75) is 24.5 Å². The molecule has 3 heterocycles. The van der Waals surface area contributed by atoms with Crippen LogP contribution in [-0.2, 0) is 4.74 Å². The molecule has 21 heavy (non-hydrogen) atoms. The van der Waals surface area contributed by atoms with Gasteiger partial charge in [-0.1, -0.05) is 0 Å². The molecular weight excluding hydrogens is 282 g/mol. The summed E-state index contributed by atoms with van der Waals surface area (Å²) in [6, 6.07) is 1.61. The number of ether oxygens (including phenoxy) is 2. The van der Waals surface area contributed by atoms with Gasteiger partial charge in [0.15, 0.2) is 6.23 Å². The smallest absolute Gasteiger partial charge is 0.353 e. The lowest BCUT2D eigenvalue weighted by Gasteiger charge is -2.18. The Hall–Kier alpha value is -1.94. The number of nitrogens with one attached hydrogen (secondary N) is 1. The first-order valence-corrected chi connectivity index (χ1v) is 6.34. The van der Waals surface area contributed by atoms with Gasteiger partial charge in [-0.3, -0.25) is 4.57 Å². The summed E-state index contributed by atoms with van der Waals surface area (Å²) in [7, 11) is 1.39. The van der Waals surface area contributed by atoms with Crippen molar-refractivity contribution in [3.05, 3.63) is 22.7 Å². The molecule has 4 atom stereocenters. The van der Waals surface area contributed by atoms with Crippen LogP contribution in [-0.4, -0.2) is 61.9 Å². The number of aromatic nitrogens is 3. The molecule has 9 heteroatoms. The van der Waals surface area contributed by atoms with E-state index >= 15 is 0 Å². The highest BCUT2D eigenvalue weighted by molar-refractivity contribution is 5.80. The Bertz CT molecular complexity index is 711. The molecule has 1 aliphatic rings. The highest BCUT2D eigenvalue weighted by Crippen LogP contribution is 2.31. The van der Waals surface area contributed by atoms with Crippen LogP contribution in [0.3, 0.4) is 0 Å². The van der Waals surface area contributed by atoms with E-state index in [2.05, 4.69) is 9.97 Å². The summed E-state index contributed by atoms with van der Waals surface area (Å²) in [6.07, 6.45) is -3.16. The van der Waals surface area contributed by atoms with Crippen molar-refractivity contribution in [3.63, 3.8) is 0 Å². The molecule has 114 valence electrons. The van der Waals surface area contributed by atoms with Crippen LogP contribution >= 0.6 is 0 Å². The Morgan fingerprint density at radius 3 is 2.86 bits per heavy atom. The molecule has 4 N–H and O–H groups in total. The van der Waals surface area contributed by atoms with Gasteiger partial charge in [0.1, 0.15) is 23.8 Å². The van der Waals surface area contributed by atoms with E-state index in [0.717, 1.165) is 4.57 Å². The summed E-state index contributed by atoms with van der Waals surface area (Å²) in [4.78, 5) is 18.8. The third-order valence-corrected chi connectivity index (χ3v) is 3.57. The minimum Gasteiger partial charge on any atom is -0.479 e. The number of hydrogen-bond donors (Lipinski definition) is 4. The van der Waals surface area contributed by atoms with Gasteiger partial charge in [0.05, 0.1) is 19.2 Å². The Labute approximate surface area is 118 Å². The Kier molecular flexibility index (Phi) is 3.41. The molecule has 0 spiro atoms. The number of H-pyrrole nitrogens is 1. The molecule has 2 aromatic heterocycles. The summed E-state index contributed by atoms with van der Waals surface area (Å²) < 4.78 is 11.5. The van der Waals surface area contributed by atoms with Crippen LogP contribution in [0, 0.1) is 0 Å². The predicted octanol–water partition coefficient (Wildman–Crippen LogP) is -1.66. The highest BCUT2D eigenvalue weighted by Gasteiger charge is 2.44. The number of hydrogen-bond acceptors (Lipinski definition) is 7. The van der Waals surface area contributed by atoms with E-state index in [1.165, 1.54) is 7.11 Å². The maximum absolute atomic E-state index is 12.2. The molecule has 0 unspecified atom stereocenters. The molecular formula is C12H15N3O6. The second-order valence-corrected chi connectivity index (χ2v) is 4.74. The summed E-state index contributed by atoms with van der Waals surface area (Å²) in [5.41, 5.74) is 0.199. The molecule has 9 nitrogen and oxygen atoms in total. The molecule has 0 aliphatic carbocycles. The van der Waals surface area contributed by atoms with Gasteiger partial charge in [0.25, 0.3) is 0 Å². The summed E-state index contributed by atoms with van der Waals surface area (Å²) in [5, 5.41) is 29.0. The van der Waals surface area contributed by atoms with Crippen LogP contribution in [0.1, 0.15) is 6.23 Å². The first-order valence-electron chi connectivity index (χ1n) is 6.34. The number of methoxy groups -OCH3 is 1. The largest absolute Gasteiger partial charge is 0.479 e. The predicted molar refractivity (Wildman–Crippen MR) is 69.9 cm³/mol. The number of fused-ring (bicyclic) bond motifs is 1. The zero-order valence-electron chi connectivity index (χ0n) is 11.1. The fraction of sp³-hybridized carbons (Fsp3) is 0.500. The van der Waals surface area contributed by atoms with Crippen LogP contribution in [0.4, 0.5) is 0 Å². The minimum atomic E-state index is -1.35. The maximum Gasteiger partial charge on any atom is 0.353 e. The Morgan fingerprint density at radius 2 is 2.24 bits per heavy atom. The second-order valence-electron chi connectivity index (χ2n) is 4.74. The summed E-state index contributed by atoms with van der Waals surface area (Å²) in [5.74, 6) is 0.128. The maximum atomic E-state index is 12.2. The average Bonchev–Trinajstić information content (AvgIpc) is 3.06. The van der Waals surface area contributed by atoms with Gasteiger partial charge < -0.3 is 29.8 Å². The summed E-state index contributed by atoms with van der Waals surface area (Å²) >= 11 is 0. The lowest BCUT2D eigenvalue weighted by atomic mass is 10.1. The van der Waals surface area contributed by atoms with Crippen molar-refractivity contribution in [1.82, 2.24) is 14.5 Å². The zero-order chi connectivity index (χ0) is 15.1. The SMILES string of the molecule is COc1nc(=O)n([C@@H]2O[C@H](CO)[C@@H](O)[C@@H]2O)c2cc[nH]c12. The molecule has 1 saturated heterocycles. The molecule has 0 amide bonds. The molecule has 1 fully saturated rings. The van der Waals surface area contributed by atoms with Crippen molar-refractivity contribution in [1.29, 1.82) is 0 Å². The number of aliphatic hydroxyl groups excluding tert-OH is 3. The number of aliphatic hydroxyl groups is 3. The van der Waals surface area contributed by atoms with E-state index in [1.54, 1.807) is 12.3 Å². The van der Waals surface area contributed by atoms with Crippen LogP contribution in [0.2, 0.25) is 0 Å². The number of aromatic amines is 1. The van der Waals surface area contributed by atoms with Crippen molar-refractivity contribution >= 4 is 11.0 Å².